The van der Waals surface area contributed by atoms with E-state index in [4.69, 9.17) is 11.5 Å². The number of carbonyl (C=O) groups is 3. The number of hydrogen-bond acceptors (Lipinski definition) is 5. The third-order valence-corrected chi connectivity index (χ3v) is 5.78. The Labute approximate surface area is 226 Å². The molecule has 0 heterocycles. The van der Waals surface area contributed by atoms with Gasteiger partial charge in [-0.2, -0.15) is 0 Å². The van der Waals surface area contributed by atoms with Crippen LogP contribution in [0.5, 0.6) is 0 Å². The van der Waals surface area contributed by atoms with Crippen molar-refractivity contribution >= 4 is 23.8 Å². The standard InChI is InChI=1S/C26H36N8O5/c1-2-3-5-18-11-13-21(14-12-18)23(35)32-22(6-4-15-29-25(27)33-34(38)39)24(36)30-16-19-7-9-20(10-8-19)17-31-26(28)37/h7-14,22H,2-6,15-17H2,1H3,(H,30,36)(H,32,35)(H3,27,29,33)(H3,28,31,37)/t22-/m1/s1. The summed E-state index contributed by atoms with van der Waals surface area (Å²) < 4.78 is 0. The van der Waals surface area contributed by atoms with E-state index >= 15 is 0 Å². The number of amides is 4. The molecule has 210 valence electrons. The van der Waals surface area contributed by atoms with Gasteiger partial charge in [0.2, 0.25) is 5.91 Å². The van der Waals surface area contributed by atoms with Crippen LogP contribution in [0.15, 0.2) is 53.6 Å². The molecular formula is C26H36N8O5. The second-order valence-electron chi connectivity index (χ2n) is 8.87. The van der Waals surface area contributed by atoms with Crippen molar-refractivity contribution in [3.63, 3.8) is 0 Å². The van der Waals surface area contributed by atoms with Gasteiger partial charge in [-0.25, -0.2) is 14.9 Å². The number of aryl methyl sites for hydroxylation is 1. The van der Waals surface area contributed by atoms with Crippen LogP contribution in [0.3, 0.4) is 0 Å². The van der Waals surface area contributed by atoms with E-state index in [1.165, 1.54) is 0 Å². The lowest BCUT2D eigenvalue weighted by atomic mass is 10.1. The molecule has 13 nitrogen and oxygen atoms in total. The van der Waals surface area contributed by atoms with Gasteiger partial charge < -0.3 is 32.7 Å². The first kappa shape index (κ1) is 30.5. The number of hydrogen-bond donors (Lipinski definition) is 6. The minimum Gasteiger partial charge on any atom is -0.365 e. The highest BCUT2D eigenvalue weighted by Crippen LogP contribution is 2.10. The van der Waals surface area contributed by atoms with Gasteiger partial charge in [-0.1, -0.05) is 49.7 Å². The van der Waals surface area contributed by atoms with Crippen molar-refractivity contribution in [2.45, 2.75) is 58.2 Å². The highest BCUT2D eigenvalue weighted by atomic mass is 16.7. The van der Waals surface area contributed by atoms with Crippen LogP contribution in [0.25, 0.3) is 0 Å². The molecule has 0 unspecified atom stereocenters. The van der Waals surface area contributed by atoms with Crippen molar-refractivity contribution in [2.75, 3.05) is 6.54 Å². The number of benzene rings is 2. The van der Waals surface area contributed by atoms with E-state index in [9.17, 15) is 24.5 Å². The Balaban J connectivity index is 2.00. The summed E-state index contributed by atoms with van der Waals surface area (Å²) in [6.07, 6.45) is 3.70. The summed E-state index contributed by atoms with van der Waals surface area (Å²) in [4.78, 5) is 47.2. The molecule has 0 aliphatic heterocycles. The summed E-state index contributed by atoms with van der Waals surface area (Å²) in [7, 11) is 0. The number of rotatable bonds is 15. The number of carbonyl (C=O) groups excluding carboxylic acids is 3. The molecule has 0 aliphatic rings. The predicted octanol–water partition coefficient (Wildman–Crippen LogP) is 1.49. The van der Waals surface area contributed by atoms with Gasteiger partial charge in [-0.3, -0.25) is 9.59 Å². The first-order valence-corrected chi connectivity index (χ1v) is 12.7. The summed E-state index contributed by atoms with van der Waals surface area (Å²) in [5.74, 6) is -1.11. The average molecular weight is 541 g/mol. The highest BCUT2D eigenvalue weighted by Gasteiger charge is 2.21. The Morgan fingerprint density at radius 1 is 0.897 bits per heavy atom. The fourth-order valence-corrected chi connectivity index (χ4v) is 3.64. The molecule has 2 aromatic carbocycles. The van der Waals surface area contributed by atoms with E-state index in [0.29, 0.717) is 18.5 Å². The van der Waals surface area contributed by atoms with Gasteiger partial charge >= 0.3 is 6.03 Å². The zero-order valence-corrected chi connectivity index (χ0v) is 21.9. The van der Waals surface area contributed by atoms with Crippen molar-refractivity contribution in [1.82, 2.24) is 21.3 Å². The van der Waals surface area contributed by atoms with Gasteiger partial charge in [-0.15, -0.1) is 0 Å². The van der Waals surface area contributed by atoms with Crippen LogP contribution in [0.1, 0.15) is 59.7 Å². The monoisotopic (exact) mass is 540 g/mol. The van der Waals surface area contributed by atoms with Crippen LogP contribution < -0.4 is 32.7 Å². The third kappa shape index (κ3) is 11.9. The number of unbranched alkanes of at least 4 members (excludes halogenated alkanes) is 1. The quantitative estimate of drug-likeness (QED) is 0.0644. The largest absolute Gasteiger partial charge is 0.365 e. The molecule has 2 aromatic rings. The number of urea groups is 1. The molecule has 0 radical (unpaired) electrons. The SMILES string of the molecule is CCCCc1ccc(C(=O)N[C@H](CCCNC(N)=N[N+](=O)[O-])C(=O)NCc2ccc(CNC(N)=O)cc2)cc1. The van der Waals surface area contributed by atoms with Crippen molar-refractivity contribution < 1.29 is 19.4 Å². The van der Waals surface area contributed by atoms with E-state index in [1.807, 2.05) is 36.4 Å². The summed E-state index contributed by atoms with van der Waals surface area (Å²) in [5, 5.41) is 23.2. The molecule has 0 bridgehead atoms. The van der Waals surface area contributed by atoms with Crippen molar-refractivity contribution in [1.29, 1.82) is 0 Å². The number of nitrogens with zero attached hydrogens (tertiary/aromatic N) is 2. The Morgan fingerprint density at radius 2 is 1.49 bits per heavy atom. The zero-order valence-electron chi connectivity index (χ0n) is 21.9. The summed E-state index contributed by atoms with van der Waals surface area (Å²) in [6, 6.07) is 13.1. The maximum Gasteiger partial charge on any atom is 0.312 e. The number of nitro groups is 1. The van der Waals surface area contributed by atoms with E-state index in [1.54, 1.807) is 12.1 Å². The number of hydrazone groups is 1. The predicted molar refractivity (Wildman–Crippen MR) is 147 cm³/mol. The van der Waals surface area contributed by atoms with Crippen LogP contribution in [-0.2, 0) is 24.3 Å². The molecule has 0 spiro atoms. The van der Waals surface area contributed by atoms with Gasteiger partial charge in [-0.05, 0) is 54.5 Å². The molecule has 8 N–H and O–H groups in total. The number of primary amides is 1. The second kappa shape index (κ2) is 16.2. The van der Waals surface area contributed by atoms with Gasteiger partial charge in [0.25, 0.3) is 11.9 Å². The second-order valence-corrected chi connectivity index (χ2v) is 8.87. The van der Waals surface area contributed by atoms with Crippen LogP contribution in [0.2, 0.25) is 0 Å². The fourth-order valence-electron chi connectivity index (χ4n) is 3.64. The summed E-state index contributed by atoms with van der Waals surface area (Å²) >= 11 is 0. The maximum atomic E-state index is 13.0. The van der Waals surface area contributed by atoms with E-state index in [-0.39, 0.29) is 37.3 Å². The lowest BCUT2D eigenvalue weighted by molar-refractivity contribution is -0.485. The number of nitrogens with one attached hydrogen (secondary N) is 4. The molecule has 2 rings (SSSR count). The zero-order chi connectivity index (χ0) is 28.6. The van der Waals surface area contributed by atoms with Crippen LogP contribution in [-0.4, -0.2) is 41.4 Å². The lowest BCUT2D eigenvalue weighted by Crippen LogP contribution is -2.47. The molecule has 0 saturated heterocycles. The molecule has 0 aromatic heterocycles. The van der Waals surface area contributed by atoms with E-state index in [2.05, 4.69) is 33.3 Å². The minimum absolute atomic E-state index is 0.218. The van der Waals surface area contributed by atoms with Gasteiger partial charge in [0.15, 0.2) is 5.03 Å². The van der Waals surface area contributed by atoms with Gasteiger partial charge in [0.05, 0.1) is 0 Å². The molecule has 0 fully saturated rings. The average Bonchev–Trinajstić information content (AvgIpc) is 2.91. The number of guanidine groups is 1. The number of nitrogens with two attached hydrogens (primary N) is 2. The minimum atomic E-state index is -0.910. The van der Waals surface area contributed by atoms with Crippen LogP contribution in [0.4, 0.5) is 4.79 Å². The molecule has 13 heteroatoms. The van der Waals surface area contributed by atoms with Crippen molar-refractivity contribution in [3.05, 3.63) is 80.9 Å². The third-order valence-electron chi connectivity index (χ3n) is 5.78. The molecule has 39 heavy (non-hydrogen) atoms. The van der Waals surface area contributed by atoms with Gasteiger partial charge in [0.1, 0.15) is 11.1 Å². The Kier molecular flexibility index (Phi) is 12.7. The summed E-state index contributed by atoms with van der Waals surface area (Å²) in [5.41, 5.74) is 13.8. The van der Waals surface area contributed by atoms with E-state index in [0.717, 1.165) is 36.0 Å². The highest BCUT2D eigenvalue weighted by molar-refractivity contribution is 5.97. The molecule has 4 amide bonds. The maximum absolute atomic E-state index is 13.0. The van der Waals surface area contributed by atoms with E-state index < -0.39 is 17.1 Å². The Morgan fingerprint density at radius 3 is 2.05 bits per heavy atom. The lowest BCUT2D eigenvalue weighted by Gasteiger charge is -2.19. The first-order chi connectivity index (χ1) is 18.7. The Hall–Kier alpha value is -4.68. The normalized spacial score (nSPS) is 11.8. The Bertz CT molecular complexity index is 1140. The van der Waals surface area contributed by atoms with Gasteiger partial charge in [0, 0.05) is 25.2 Å². The molecule has 0 saturated carbocycles. The van der Waals surface area contributed by atoms with Crippen LogP contribution >= 0.6 is 0 Å². The molecule has 1 atom stereocenters. The molecule has 0 aliphatic carbocycles. The summed E-state index contributed by atoms with van der Waals surface area (Å²) in [6.45, 7) is 2.85. The fraction of sp³-hybridized carbons (Fsp3) is 0.385. The van der Waals surface area contributed by atoms with Crippen molar-refractivity contribution in [3.8, 4) is 0 Å². The van der Waals surface area contributed by atoms with Crippen LogP contribution in [0, 0.1) is 10.1 Å². The van der Waals surface area contributed by atoms with Crippen molar-refractivity contribution in [2.24, 2.45) is 16.6 Å². The topological polar surface area (TPSA) is 207 Å². The smallest absolute Gasteiger partial charge is 0.312 e. The first-order valence-electron chi connectivity index (χ1n) is 12.7. The molecular weight excluding hydrogens is 504 g/mol.